The summed E-state index contributed by atoms with van der Waals surface area (Å²) in [6.07, 6.45) is -0.205. The molecule has 184 valence electrons. The van der Waals surface area contributed by atoms with E-state index in [0.29, 0.717) is 29.9 Å². The first-order chi connectivity index (χ1) is 16.8. The molecular weight excluding hydrogens is 454 g/mol. The van der Waals surface area contributed by atoms with Gasteiger partial charge in [0.15, 0.2) is 18.8 Å². The highest BCUT2D eigenvalue weighted by atomic mass is 16.6. The Morgan fingerprint density at radius 3 is 2.57 bits per heavy atom. The number of Topliss-reactive ketones (excluding diaryl/α,β-unsaturated/α-hetero) is 1. The number of carbonyl (C=O) groups is 4. The molecule has 0 atom stereocenters. The Kier molecular flexibility index (Phi) is 8.55. The van der Waals surface area contributed by atoms with E-state index in [4.69, 9.17) is 14.9 Å². The zero-order valence-electron chi connectivity index (χ0n) is 19.5. The smallest absolute Gasteiger partial charge is 0.413 e. The van der Waals surface area contributed by atoms with Gasteiger partial charge < -0.3 is 24.4 Å². The summed E-state index contributed by atoms with van der Waals surface area (Å²) < 4.78 is 14.8. The summed E-state index contributed by atoms with van der Waals surface area (Å²) in [7, 11) is 0. The largest absolute Gasteiger partial charge is 0.482 e. The van der Waals surface area contributed by atoms with Crippen molar-refractivity contribution < 1.29 is 33.4 Å². The van der Waals surface area contributed by atoms with Crippen molar-refractivity contribution >= 4 is 30.2 Å². The molecule has 0 spiro atoms. The third-order valence-electron chi connectivity index (χ3n) is 5.10. The van der Waals surface area contributed by atoms with Gasteiger partial charge in [-0.15, -0.1) is 0 Å². The van der Waals surface area contributed by atoms with Gasteiger partial charge in [-0.25, -0.2) is 9.59 Å². The quantitative estimate of drug-likeness (QED) is 0.218. The van der Waals surface area contributed by atoms with Gasteiger partial charge in [-0.1, -0.05) is 26.0 Å². The van der Waals surface area contributed by atoms with Gasteiger partial charge in [0.1, 0.15) is 5.75 Å². The lowest BCUT2D eigenvalue weighted by Gasteiger charge is -2.14. The number of hydrogen-bond acceptors (Lipinski definition) is 8. The number of esters is 1. The summed E-state index contributed by atoms with van der Waals surface area (Å²) in [5.74, 6) is -0.265. The molecule has 10 nitrogen and oxygen atoms in total. The molecule has 0 radical (unpaired) electrons. The highest BCUT2D eigenvalue weighted by Crippen LogP contribution is 2.24. The van der Waals surface area contributed by atoms with Crippen LogP contribution in [-0.4, -0.2) is 54.8 Å². The second-order valence-corrected chi connectivity index (χ2v) is 8.34. The van der Waals surface area contributed by atoms with E-state index in [1.165, 1.54) is 4.90 Å². The number of nitrogens with one attached hydrogen (secondary N) is 2. The highest BCUT2D eigenvalue weighted by Gasteiger charge is 2.29. The molecule has 2 aromatic carbocycles. The fourth-order valence-electron chi connectivity index (χ4n) is 3.39. The SMILES string of the molecule is CC(C)COC(=O)COc1ccc(C(=O)CN2Cc3cc(CNC(=O)OC=N)ccc3C2=O)cc1. The van der Waals surface area contributed by atoms with Crippen molar-refractivity contribution in [2.75, 3.05) is 19.8 Å². The maximum atomic E-state index is 12.7. The third-order valence-corrected chi connectivity index (χ3v) is 5.10. The summed E-state index contributed by atoms with van der Waals surface area (Å²) in [6, 6.07) is 11.5. The Bertz CT molecular complexity index is 1110. The predicted molar refractivity (Wildman–Crippen MR) is 125 cm³/mol. The Morgan fingerprint density at radius 2 is 1.89 bits per heavy atom. The summed E-state index contributed by atoms with van der Waals surface area (Å²) >= 11 is 0. The molecule has 0 saturated carbocycles. The lowest BCUT2D eigenvalue weighted by atomic mass is 10.1. The Morgan fingerprint density at radius 1 is 1.14 bits per heavy atom. The van der Waals surface area contributed by atoms with Crippen LogP contribution in [0, 0.1) is 11.3 Å². The number of benzene rings is 2. The Balaban J connectivity index is 1.52. The zero-order chi connectivity index (χ0) is 25.4. The summed E-state index contributed by atoms with van der Waals surface area (Å²) in [5, 5.41) is 9.24. The number of ketones is 1. The number of ether oxygens (including phenoxy) is 3. The van der Waals surface area contributed by atoms with Gasteiger partial charge in [-0.3, -0.25) is 15.0 Å². The van der Waals surface area contributed by atoms with E-state index in [9.17, 15) is 19.2 Å². The average molecular weight is 482 g/mol. The van der Waals surface area contributed by atoms with Crippen molar-refractivity contribution in [1.82, 2.24) is 10.2 Å². The van der Waals surface area contributed by atoms with Gasteiger partial charge in [0.05, 0.1) is 13.2 Å². The first-order valence-electron chi connectivity index (χ1n) is 11.0. The number of rotatable bonds is 11. The molecule has 0 fully saturated rings. The van der Waals surface area contributed by atoms with Gasteiger partial charge in [-0.05, 0) is 47.4 Å². The van der Waals surface area contributed by atoms with Crippen LogP contribution in [0.2, 0.25) is 0 Å². The molecule has 1 aliphatic rings. The molecule has 0 bridgehead atoms. The van der Waals surface area contributed by atoms with Gasteiger partial charge in [0.2, 0.25) is 0 Å². The van der Waals surface area contributed by atoms with Crippen LogP contribution in [0.3, 0.4) is 0 Å². The molecule has 2 aromatic rings. The number of hydrogen-bond donors (Lipinski definition) is 2. The van der Waals surface area contributed by atoms with Gasteiger partial charge in [0.25, 0.3) is 5.91 Å². The van der Waals surface area contributed by atoms with E-state index in [-0.39, 0.29) is 43.8 Å². The molecule has 2 N–H and O–H groups in total. The summed E-state index contributed by atoms with van der Waals surface area (Å²) in [6.45, 7) is 4.35. The normalized spacial score (nSPS) is 12.2. The van der Waals surface area contributed by atoms with Crippen molar-refractivity contribution in [3.05, 3.63) is 64.7 Å². The Labute approximate surface area is 202 Å². The van der Waals surface area contributed by atoms with Crippen LogP contribution < -0.4 is 10.1 Å². The van der Waals surface area contributed by atoms with Crippen LogP contribution >= 0.6 is 0 Å². The monoisotopic (exact) mass is 481 g/mol. The maximum Gasteiger partial charge on any atom is 0.413 e. The molecule has 35 heavy (non-hydrogen) atoms. The van der Waals surface area contributed by atoms with E-state index in [1.807, 2.05) is 13.8 Å². The minimum absolute atomic E-state index is 0.0888. The summed E-state index contributed by atoms with van der Waals surface area (Å²) in [4.78, 5) is 49.9. The fourth-order valence-corrected chi connectivity index (χ4v) is 3.39. The van der Waals surface area contributed by atoms with E-state index in [2.05, 4.69) is 10.1 Å². The number of fused-ring (bicyclic) bond motifs is 1. The standard InChI is InChI=1S/C25H27N3O7/c1-16(2)13-34-23(30)14-33-20-6-4-18(5-7-20)22(29)12-28-11-19-9-17(3-8-21(19)24(28)31)10-27-25(32)35-15-26/h3-9,15-16,26H,10-14H2,1-2H3,(H,27,32). The van der Waals surface area contributed by atoms with Gasteiger partial charge in [0, 0.05) is 24.2 Å². The predicted octanol–water partition coefficient (Wildman–Crippen LogP) is 2.94. The molecular formula is C25H27N3O7. The van der Waals surface area contributed by atoms with E-state index < -0.39 is 12.1 Å². The van der Waals surface area contributed by atoms with Crippen LogP contribution in [0.15, 0.2) is 42.5 Å². The van der Waals surface area contributed by atoms with Gasteiger partial charge in [-0.2, -0.15) is 0 Å². The zero-order valence-corrected chi connectivity index (χ0v) is 19.5. The number of alkyl carbamates (subject to hydrolysis) is 1. The van der Waals surface area contributed by atoms with Crippen molar-refractivity contribution in [2.24, 2.45) is 5.92 Å². The maximum absolute atomic E-state index is 12.7. The fraction of sp³-hybridized carbons (Fsp3) is 0.320. The molecule has 3 rings (SSSR count). The molecule has 0 aliphatic carbocycles. The summed E-state index contributed by atoms with van der Waals surface area (Å²) in [5.41, 5.74) is 2.45. The van der Waals surface area contributed by atoms with Crippen LogP contribution in [0.1, 0.15) is 45.7 Å². The molecule has 0 aromatic heterocycles. The van der Waals surface area contributed by atoms with Crippen molar-refractivity contribution in [3.8, 4) is 5.75 Å². The molecule has 0 saturated heterocycles. The molecule has 1 heterocycles. The van der Waals surface area contributed by atoms with Crippen molar-refractivity contribution in [2.45, 2.75) is 26.9 Å². The van der Waals surface area contributed by atoms with Crippen molar-refractivity contribution in [3.63, 3.8) is 0 Å². The third kappa shape index (κ3) is 7.13. The van der Waals surface area contributed by atoms with Crippen molar-refractivity contribution in [1.29, 1.82) is 5.41 Å². The van der Waals surface area contributed by atoms with Crippen LogP contribution in [0.5, 0.6) is 5.75 Å². The first-order valence-corrected chi connectivity index (χ1v) is 11.0. The van der Waals surface area contributed by atoms with Crippen LogP contribution in [0.25, 0.3) is 0 Å². The van der Waals surface area contributed by atoms with E-state index >= 15 is 0 Å². The van der Waals surface area contributed by atoms with E-state index in [1.54, 1.807) is 42.5 Å². The Hall–Kier alpha value is -4.21. The second-order valence-electron chi connectivity index (χ2n) is 8.34. The number of carbonyl (C=O) groups excluding carboxylic acids is 4. The molecule has 10 heteroatoms. The topological polar surface area (TPSA) is 135 Å². The number of amides is 2. The molecule has 1 aliphatic heterocycles. The van der Waals surface area contributed by atoms with Crippen LogP contribution in [-0.2, 0) is 27.4 Å². The average Bonchev–Trinajstić information content (AvgIpc) is 3.14. The highest BCUT2D eigenvalue weighted by molar-refractivity contribution is 6.04. The lowest BCUT2D eigenvalue weighted by Crippen LogP contribution is -2.30. The van der Waals surface area contributed by atoms with E-state index in [0.717, 1.165) is 11.1 Å². The lowest BCUT2D eigenvalue weighted by molar-refractivity contribution is -0.147. The van der Waals surface area contributed by atoms with Gasteiger partial charge >= 0.3 is 12.1 Å². The minimum Gasteiger partial charge on any atom is -0.482 e. The first kappa shape index (κ1) is 25.4. The minimum atomic E-state index is -0.744. The van der Waals surface area contributed by atoms with Crippen LogP contribution in [0.4, 0.5) is 4.79 Å². The molecule has 0 unspecified atom stereocenters. The molecule has 2 amide bonds. The number of nitrogens with zero attached hydrogens (tertiary/aromatic N) is 1. The second kappa shape index (κ2) is 11.8.